The zero-order chi connectivity index (χ0) is 17.6. The van der Waals surface area contributed by atoms with Crippen LogP contribution in [0.5, 0.6) is 0 Å². The first kappa shape index (κ1) is 16.7. The van der Waals surface area contributed by atoms with Crippen molar-refractivity contribution in [1.82, 2.24) is 30.4 Å². The molecule has 3 amide bonds. The number of tetrazole rings is 1. The predicted molar refractivity (Wildman–Crippen MR) is 88.8 cm³/mol. The fourth-order valence-corrected chi connectivity index (χ4v) is 2.38. The van der Waals surface area contributed by atoms with Crippen molar-refractivity contribution in [1.29, 1.82) is 0 Å². The summed E-state index contributed by atoms with van der Waals surface area (Å²) in [7, 11) is 1.69. The Balaban J connectivity index is 1.45. The van der Waals surface area contributed by atoms with Crippen LogP contribution in [0.1, 0.15) is 6.42 Å². The van der Waals surface area contributed by atoms with Gasteiger partial charge in [-0.25, -0.2) is 9.59 Å². The lowest BCUT2D eigenvalue weighted by Gasteiger charge is -2.26. The molecule has 2 N–H and O–H groups in total. The Morgan fingerprint density at radius 3 is 2.80 bits per heavy atom. The van der Waals surface area contributed by atoms with Gasteiger partial charge >= 0.3 is 12.1 Å². The number of urea groups is 1. The van der Waals surface area contributed by atoms with Crippen LogP contribution >= 0.6 is 0 Å². The predicted octanol–water partition coefficient (Wildman–Crippen LogP) is 0.841. The maximum Gasteiger partial charge on any atom is 0.409 e. The molecule has 1 fully saturated rings. The Bertz CT molecular complexity index is 744. The summed E-state index contributed by atoms with van der Waals surface area (Å²) in [6, 6.07) is 6.78. The maximum atomic E-state index is 11.9. The Hall–Kier alpha value is -3.17. The van der Waals surface area contributed by atoms with Crippen molar-refractivity contribution >= 4 is 17.8 Å². The standard InChI is InChI=1S/C15H19N7O3/c1-21-19-13(18-20-21)11-3-5-12(6-4-11)17-14(23)16-7-9-22-8-2-10-25-15(22)24/h3-6H,2,7-10H2,1H3,(H2,16,17,23). The van der Waals surface area contributed by atoms with Crippen molar-refractivity contribution in [3.63, 3.8) is 0 Å². The van der Waals surface area contributed by atoms with E-state index in [4.69, 9.17) is 4.74 Å². The van der Waals surface area contributed by atoms with Crippen LogP contribution in [0.15, 0.2) is 24.3 Å². The number of carbonyl (C=O) groups is 2. The van der Waals surface area contributed by atoms with E-state index in [2.05, 4.69) is 26.0 Å². The molecule has 0 saturated carbocycles. The third-order valence-electron chi connectivity index (χ3n) is 3.63. The molecule has 10 heteroatoms. The normalized spacial score (nSPS) is 14.1. The van der Waals surface area contributed by atoms with Gasteiger partial charge in [-0.1, -0.05) is 0 Å². The lowest BCUT2D eigenvalue weighted by Crippen LogP contribution is -2.43. The van der Waals surface area contributed by atoms with Crippen molar-refractivity contribution < 1.29 is 14.3 Å². The average Bonchev–Trinajstić information content (AvgIpc) is 3.04. The highest BCUT2D eigenvalue weighted by molar-refractivity contribution is 5.89. The average molecular weight is 345 g/mol. The summed E-state index contributed by atoms with van der Waals surface area (Å²) in [5, 5.41) is 17.3. The van der Waals surface area contributed by atoms with Crippen LogP contribution < -0.4 is 10.6 Å². The Kier molecular flexibility index (Phi) is 5.07. The van der Waals surface area contributed by atoms with Crippen LogP contribution in [0.3, 0.4) is 0 Å². The molecule has 0 unspecified atom stereocenters. The fraction of sp³-hybridized carbons (Fsp3) is 0.400. The summed E-state index contributed by atoms with van der Waals surface area (Å²) in [6.07, 6.45) is 0.479. The second-order valence-electron chi connectivity index (χ2n) is 5.52. The van der Waals surface area contributed by atoms with E-state index >= 15 is 0 Å². The van der Waals surface area contributed by atoms with Crippen LogP contribution in [0.2, 0.25) is 0 Å². The van der Waals surface area contributed by atoms with E-state index in [0.717, 1.165) is 12.0 Å². The first-order valence-electron chi connectivity index (χ1n) is 7.93. The van der Waals surface area contributed by atoms with E-state index in [0.29, 0.717) is 37.8 Å². The van der Waals surface area contributed by atoms with Crippen LogP contribution in [0.4, 0.5) is 15.3 Å². The number of cyclic esters (lactones) is 1. The molecule has 0 aliphatic carbocycles. The highest BCUT2D eigenvalue weighted by Crippen LogP contribution is 2.16. The smallest absolute Gasteiger partial charge is 0.409 e. The number of aryl methyl sites for hydroxylation is 1. The minimum absolute atomic E-state index is 0.332. The number of anilines is 1. The Morgan fingerprint density at radius 2 is 2.12 bits per heavy atom. The van der Waals surface area contributed by atoms with E-state index in [1.165, 1.54) is 4.80 Å². The number of amides is 3. The molecule has 0 radical (unpaired) electrons. The number of aromatic nitrogens is 4. The van der Waals surface area contributed by atoms with Crippen molar-refractivity contribution in [3.8, 4) is 11.4 Å². The summed E-state index contributed by atoms with van der Waals surface area (Å²) in [4.78, 5) is 26.3. The quantitative estimate of drug-likeness (QED) is 0.830. The molecule has 1 saturated heterocycles. The molecule has 1 aliphatic heterocycles. The molecule has 2 aromatic rings. The van der Waals surface area contributed by atoms with E-state index in [1.807, 2.05) is 0 Å². The maximum absolute atomic E-state index is 11.9. The van der Waals surface area contributed by atoms with E-state index in [9.17, 15) is 9.59 Å². The number of hydrogen-bond acceptors (Lipinski definition) is 6. The van der Waals surface area contributed by atoms with Gasteiger partial charge in [-0.3, -0.25) is 0 Å². The molecule has 25 heavy (non-hydrogen) atoms. The van der Waals surface area contributed by atoms with Gasteiger partial charge in [0.2, 0.25) is 5.82 Å². The summed E-state index contributed by atoms with van der Waals surface area (Å²) >= 11 is 0. The SMILES string of the molecule is Cn1nnc(-c2ccc(NC(=O)NCCN3CCCOC3=O)cc2)n1. The number of nitrogens with one attached hydrogen (secondary N) is 2. The van der Waals surface area contributed by atoms with Gasteiger partial charge in [0.15, 0.2) is 0 Å². The molecule has 0 spiro atoms. The highest BCUT2D eigenvalue weighted by Gasteiger charge is 2.18. The molecule has 3 rings (SSSR count). The minimum Gasteiger partial charge on any atom is -0.449 e. The first-order chi connectivity index (χ1) is 12.1. The largest absolute Gasteiger partial charge is 0.449 e. The molecule has 0 atom stereocenters. The van der Waals surface area contributed by atoms with Crippen LogP contribution in [-0.4, -0.2) is 63.5 Å². The number of benzene rings is 1. The van der Waals surface area contributed by atoms with Crippen LogP contribution in [0, 0.1) is 0 Å². The van der Waals surface area contributed by atoms with Crippen molar-refractivity contribution in [2.75, 3.05) is 31.6 Å². The van der Waals surface area contributed by atoms with Gasteiger partial charge in [0.05, 0.1) is 13.7 Å². The highest BCUT2D eigenvalue weighted by atomic mass is 16.6. The second kappa shape index (κ2) is 7.60. The van der Waals surface area contributed by atoms with E-state index in [1.54, 1.807) is 36.2 Å². The van der Waals surface area contributed by atoms with Crippen molar-refractivity contribution in [3.05, 3.63) is 24.3 Å². The van der Waals surface area contributed by atoms with Crippen molar-refractivity contribution in [2.45, 2.75) is 6.42 Å². The van der Waals surface area contributed by atoms with Gasteiger partial charge in [-0.2, -0.15) is 4.80 Å². The Morgan fingerprint density at radius 1 is 1.32 bits per heavy atom. The monoisotopic (exact) mass is 345 g/mol. The summed E-state index contributed by atoms with van der Waals surface area (Å²) in [6.45, 7) is 1.88. The van der Waals surface area contributed by atoms with Gasteiger partial charge in [0.1, 0.15) is 0 Å². The molecule has 1 aliphatic rings. The van der Waals surface area contributed by atoms with E-state index < -0.39 is 0 Å². The molecule has 132 valence electrons. The summed E-state index contributed by atoms with van der Waals surface area (Å²) in [5.74, 6) is 0.520. The fourth-order valence-electron chi connectivity index (χ4n) is 2.38. The third kappa shape index (κ3) is 4.43. The van der Waals surface area contributed by atoms with Gasteiger partial charge in [0, 0.05) is 30.9 Å². The molecule has 0 bridgehead atoms. The minimum atomic E-state index is -0.337. The molecular formula is C15H19N7O3. The number of carbonyl (C=O) groups excluding carboxylic acids is 2. The van der Waals surface area contributed by atoms with Crippen LogP contribution in [-0.2, 0) is 11.8 Å². The van der Waals surface area contributed by atoms with Crippen molar-refractivity contribution in [2.24, 2.45) is 7.05 Å². The molecule has 2 heterocycles. The molecular weight excluding hydrogens is 326 g/mol. The lowest BCUT2D eigenvalue weighted by atomic mass is 10.2. The number of nitrogens with zero attached hydrogens (tertiary/aromatic N) is 5. The third-order valence-corrected chi connectivity index (χ3v) is 3.63. The zero-order valence-corrected chi connectivity index (χ0v) is 13.8. The number of hydrogen-bond donors (Lipinski definition) is 2. The molecule has 1 aromatic carbocycles. The van der Waals surface area contributed by atoms with Gasteiger partial charge < -0.3 is 20.3 Å². The van der Waals surface area contributed by atoms with Gasteiger partial charge in [0.25, 0.3) is 0 Å². The summed E-state index contributed by atoms with van der Waals surface area (Å²) in [5.41, 5.74) is 1.45. The molecule has 1 aromatic heterocycles. The zero-order valence-electron chi connectivity index (χ0n) is 13.8. The number of rotatable bonds is 5. The number of ether oxygens (including phenoxy) is 1. The summed E-state index contributed by atoms with van der Waals surface area (Å²) < 4.78 is 4.94. The topological polar surface area (TPSA) is 114 Å². The van der Waals surface area contributed by atoms with Gasteiger partial charge in [-0.15, -0.1) is 10.2 Å². The Labute approximate surface area is 144 Å². The lowest BCUT2D eigenvalue weighted by molar-refractivity contribution is 0.0736. The van der Waals surface area contributed by atoms with E-state index in [-0.39, 0.29) is 12.1 Å². The second-order valence-corrected chi connectivity index (χ2v) is 5.52. The molecule has 10 nitrogen and oxygen atoms in total. The van der Waals surface area contributed by atoms with Crippen LogP contribution in [0.25, 0.3) is 11.4 Å². The van der Waals surface area contributed by atoms with Gasteiger partial charge in [-0.05, 0) is 35.9 Å². The first-order valence-corrected chi connectivity index (χ1v) is 7.93.